The highest BCUT2D eigenvalue weighted by molar-refractivity contribution is 6.31. The van der Waals surface area contributed by atoms with Crippen LogP contribution in [-0.4, -0.2) is 11.9 Å². The van der Waals surface area contributed by atoms with E-state index in [1.807, 2.05) is 6.07 Å². The third-order valence-corrected chi connectivity index (χ3v) is 2.34. The molecule has 0 radical (unpaired) electrons. The number of hydrogen-bond donors (Lipinski definition) is 1. The van der Waals surface area contributed by atoms with E-state index in [2.05, 4.69) is 5.32 Å². The van der Waals surface area contributed by atoms with Crippen molar-refractivity contribution in [2.45, 2.75) is 19.4 Å². The zero-order valence-corrected chi connectivity index (χ0v) is 9.38. The largest absolute Gasteiger partial charge is 0.336 e. The first-order chi connectivity index (χ1) is 7.58. The highest BCUT2D eigenvalue weighted by Crippen LogP contribution is 2.16. The van der Waals surface area contributed by atoms with Gasteiger partial charge in [0.15, 0.2) is 0 Å². The first-order valence-corrected chi connectivity index (χ1v) is 5.11. The lowest BCUT2D eigenvalue weighted by Crippen LogP contribution is -2.33. The van der Waals surface area contributed by atoms with E-state index in [0.717, 1.165) is 6.07 Å². The number of nitrogens with one attached hydrogen (secondary N) is 1. The van der Waals surface area contributed by atoms with Gasteiger partial charge in [-0.15, -0.1) is 0 Å². The topological polar surface area (TPSA) is 52.9 Å². The normalized spacial score (nSPS) is 11.6. The molecule has 3 nitrogen and oxygen atoms in total. The van der Waals surface area contributed by atoms with Crippen molar-refractivity contribution in [2.75, 3.05) is 0 Å². The number of benzene rings is 1. The Morgan fingerprint density at radius 1 is 1.69 bits per heavy atom. The van der Waals surface area contributed by atoms with Crippen LogP contribution in [0.15, 0.2) is 18.2 Å². The quantitative estimate of drug-likeness (QED) is 0.883. The molecule has 1 atom stereocenters. The maximum atomic E-state index is 12.8. The van der Waals surface area contributed by atoms with Gasteiger partial charge in [0.05, 0.1) is 11.1 Å². The molecule has 1 unspecified atom stereocenters. The fraction of sp³-hybridized carbons (Fsp3) is 0.273. The number of nitriles is 1. The zero-order chi connectivity index (χ0) is 12.1. The number of carbonyl (C=O) groups excluding carboxylic acids is 1. The fourth-order valence-electron chi connectivity index (χ4n) is 1.10. The summed E-state index contributed by atoms with van der Waals surface area (Å²) in [6.45, 7) is 1.78. The predicted octanol–water partition coefficient (Wildman–Crippen LogP) is 2.51. The van der Waals surface area contributed by atoms with Gasteiger partial charge in [-0.05, 0) is 24.6 Å². The molecule has 1 N–H and O–H groups in total. The second kappa shape index (κ2) is 5.47. The predicted molar refractivity (Wildman–Crippen MR) is 58.6 cm³/mol. The van der Waals surface area contributed by atoms with E-state index in [9.17, 15) is 9.18 Å². The summed E-state index contributed by atoms with van der Waals surface area (Å²) < 4.78 is 12.8. The molecular formula is C11H10ClFN2O. The fourth-order valence-corrected chi connectivity index (χ4v) is 1.29. The van der Waals surface area contributed by atoms with E-state index < -0.39 is 17.8 Å². The van der Waals surface area contributed by atoms with Gasteiger partial charge >= 0.3 is 0 Å². The number of carbonyl (C=O) groups is 1. The molecule has 0 aromatic heterocycles. The maximum absolute atomic E-state index is 12.8. The van der Waals surface area contributed by atoms with Crippen molar-refractivity contribution in [3.8, 4) is 6.07 Å². The van der Waals surface area contributed by atoms with Gasteiger partial charge in [-0.25, -0.2) is 4.39 Å². The Kier molecular flexibility index (Phi) is 4.27. The average molecular weight is 241 g/mol. The smallest absolute Gasteiger partial charge is 0.252 e. The standard InChI is InChI=1S/C11H10ClFN2O/c1-2-8(6-14)15-11(16)7-3-4-10(13)9(12)5-7/h3-5,8H,2H2,1H3,(H,15,16). The summed E-state index contributed by atoms with van der Waals surface area (Å²) >= 11 is 5.54. The highest BCUT2D eigenvalue weighted by Gasteiger charge is 2.12. The molecule has 0 spiro atoms. The van der Waals surface area contributed by atoms with Crippen LogP contribution in [0.4, 0.5) is 4.39 Å². The molecule has 1 aromatic rings. The number of hydrogen-bond acceptors (Lipinski definition) is 2. The monoisotopic (exact) mass is 240 g/mol. The van der Waals surface area contributed by atoms with Gasteiger partial charge in [-0.3, -0.25) is 4.79 Å². The van der Waals surface area contributed by atoms with Gasteiger partial charge in [0.25, 0.3) is 5.91 Å². The van der Waals surface area contributed by atoms with Crippen LogP contribution >= 0.6 is 11.6 Å². The zero-order valence-electron chi connectivity index (χ0n) is 8.63. The van der Waals surface area contributed by atoms with Gasteiger partial charge in [-0.1, -0.05) is 18.5 Å². The minimum Gasteiger partial charge on any atom is -0.336 e. The van der Waals surface area contributed by atoms with E-state index in [1.54, 1.807) is 6.92 Å². The number of rotatable bonds is 3. The number of amides is 1. The van der Waals surface area contributed by atoms with Gasteiger partial charge in [-0.2, -0.15) is 5.26 Å². The van der Waals surface area contributed by atoms with Crippen LogP contribution in [0.5, 0.6) is 0 Å². The van der Waals surface area contributed by atoms with Crippen molar-refractivity contribution >= 4 is 17.5 Å². The first-order valence-electron chi connectivity index (χ1n) is 4.74. The van der Waals surface area contributed by atoms with Gasteiger partial charge < -0.3 is 5.32 Å². The van der Waals surface area contributed by atoms with E-state index >= 15 is 0 Å². The summed E-state index contributed by atoms with van der Waals surface area (Å²) in [5.74, 6) is -1.01. The maximum Gasteiger partial charge on any atom is 0.252 e. The minimum atomic E-state index is -0.578. The molecule has 5 heteroatoms. The van der Waals surface area contributed by atoms with Crippen LogP contribution < -0.4 is 5.32 Å². The van der Waals surface area contributed by atoms with Crippen molar-refractivity contribution in [1.29, 1.82) is 5.26 Å². The van der Waals surface area contributed by atoms with Crippen molar-refractivity contribution in [1.82, 2.24) is 5.32 Å². The van der Waals surface area contributed by atoms with Crippen molar-refractivity contribution in [2.24, 2.45) is 0 Å². The molecule has 1 amide bonds. The van der Waals surface area contributed by atoms with E-state index in [0.29, 0.717) is 6.42 Å². The second-order valence-electron chi connectivity index (χ2n) is 3.19. The lowest BCUT2D eigenvalue weighted by atomic mass is 10.2. The lowest BCUT2D eigenvalue weighted by Gasteiger charge is -2.09. The second-order valence-corrected chi connectivity index (χ2v) is 3.60. The molecule has 1 aromatic carbocycles. The molecule has 84 valence electrons. The molecule has 16 heavy (non-hydrogen) atoms. The molecule has 0 aliphatic rings. The SMILES string of the molecule is CCC(C#N)NC(=O)c1ccc(F)c(Cl)c1. The van der Waals surface area contributed by atoms with Gasteiger partial charge in [0, 0.05) is 5.56 Å². The average Bonchev–Trinajstić information content (AvgIpc) is 2.29. The Bertz CT molecular complexity index is 442. The van der Waals surface area contributed by atoms with E-state index in [-0.39, 0.29) is 10.6 Å². The molecule has 0 saturated carbocycles. The van der Waals surface area contributed by atoms with Crippen LogP contribution in [0.3, 0.4) is 0 Å². The Hall–Kier alpha value is -1.60. The molecule has 0 aliphatic heterocycles. The van der Waals surface area contributed by atoms with Crippen LogP contribution in [0.1, 0.15) is 23.7 Å². The third kappa shape index (κ3) is 2.94. The van der Waals surface area contributed by atoms with Crippen LogP contribution in [0.2, 0.25) is 5.02 Å². The van der Waals surface area contributed by atoms with Crippen LogP contribution in [0.25, 0.3) is 0 Å². The molecular weight excluding hydrogens is 231 g/mol. The third-order valence-electron chi connectivity index (χ3n) is 2.05. The number of halogens is 2. The summed E-state index contributed by atoms with van der Waals surface area (Å²) in [4.78, 5) is 11.6. The summed E-state index contributed by atoms with van der Waals surface area (Å²) in [7, 11) is 0. The van der Waals surface area contributed by atoms with Crippen molar-refractivity contribution < 1.29 is 9.18 Å². The summed E-state index contributed by atoms with van der Waals surface area (Å²) in [5.41, 5.74) is 0.236. The summed E-state index contributed by atoms with van der Waals surface area (Å²) in [5, 5.41) is 11.1. The highest BCUT2D eigenvalue weighted by atomic mass is 35.5. The lowest BCUT2D eigenvalue weighted by molar-refractivity contribution is 0.0944. The van der Waals surface area contributed by atoms with E-state index in [1.165, 1.54) is 12.1 Å². The van der Waals surface area contributed by atoms with Crippen molar-refractivity contribution in [3.63, 3.8) is 0 Å². The Balaban J connectivity index is 2.81. The van der Waals surface area contributed by atoms with Gasteiger partial charge in [0.1, 0.15) is 11.9 Å². The Labute approximate surface area is 97.8 Å². The van der Waals surface area contributed by atoms with Crippen LogP contribution in [-0.2, 0) is 0 Å². The molecule has 0 heterocycles. The molecule has 0 bridgehead atoms. The molecule has 0 aliphatic carbocycles. The van der Waals surface area contributed by atoms with Gasteiger partial charge in [0.2, 0.25) is 0 Å². The van der Waals surface area contributed by atoms with Crippen molar-refractivity contribution in [3.05, 3.63) is 34.6 Å². The molecule has 0 fully saturated rings. The molecule has 1 rings (SSSR count). The van der Waals surface area contributed by atoms with E-state index in [4.69, 9.17) is 16.9 Å². The van der Waals surface area contributed by atoms with Crippen LogP contribution in [0, 0.1) is 17.1 Å². The summed E-state index contributed by atoms with van der Waals surface area (Å²) in [6.07, 6.45) is 0.511. The minimum absolute atomic E-state index is 0.113. The summed E-state index contributed by atoms with van der Waals surface area (Å²) in [6, 6.07) is 5.06. The Morgan fingerprint density at radius 3 is 2.88 bits per heavy atom. The molecule has 0 saturated heterocycles. The number of nitrogens with zero attached hydrogens (tertiary/aromatic N) is 1. The Morgan fingerprint density at radius 2 is 2.38 bits per heavy atom. The first kappa shape index (κ1) is 12.5.